The lowest BCUT2D eigenvalue weighted by Gasteiger charge is -2.10. The molecule has 0 radical (unpaired) electrons. The molecule has 0 unspecified atom stereocenters. The maximum absolute atomic E-state index is 12.1. The summed E-state index contributed by atoms with van der Waals surface area (Å²) in [5.74, 6) is -1.66. The van der Waals surface area contributed by atoms with Gasteiger partial charge in [0.25, 0.3) is 5.56 Å². The number of hydrogen-bond acceptors (Lipinski definition) is 9. The van der Waals surface area contributed by atoms with E-state index in [0.29, 0.717) is 18.2 Å². The molecule has 0 atom stereocenters. The van der Waals surface area contributed by atoms with Crippen LogP contribution in [0.2, 0.25) is 0 Å². The van der Waals surface area contributed by atoms with Crippen LogP contribution in [0.15, 0.2) is 53.6 Å². The Labute approximate surface area is 214 Å². The molecular weight excluding hydrogens is 513 g/mol. The first-order valence-corrected chi connectivity index (χ1v) is 10.9. The number of amides is 1. The van der Waals surface area contributed by atoms with E-state index in [2.05, 4.69) is 20.0 Å². The molecule has 0 aliphatic rings. The van der Waals surface area contributed by atoms with Gasteiger partial charge < -0.3 is 25.2 Å². The van der Waals surface area contributed by atoms with Gasteiger partial charge in [-0.3, -0.25) is 4.79 Å². The topological polar surface area (TPSA) is 163 Å². The van der Waals surface area contributed by atoms with E-state index >= 15 is 0 Å². The van der Waals surface area contributed by atoms with Crippen LogP contribution in [0.3, 0.4) is 0 Å². The number of halogens is 3. The van der Waals surface area contributed by atoms with Crippen LogP contribution >= 0.6 is 0 Å². The molecule has 1 amide bonds. The number of alkyl halides is 3. The van der Waals surface area contributed by atoms with Crippen molar-refractivity contribution < 1.29 is 37.3 Å². The zero-order chi connectivity index (χ0) is 28.3. The van der Waals surface area contributed by atoms with E-state index < -0.39 is 18.2 Å². The number of aliphatic carboxylic acids is 1. The van der Waals surface area contributed by atoms with Crippen LogP contribution < -0.4 is 20.8 Å². The van der Waals surface area contributed by atoms with Crippen LogP contribution in [0.4, 0.5) is 18.0 Å². The summed E-state index contributed by atoms with van der Waals surface area (Å²) in [6.07, 6.45) is -1.89. The lowest BCUT2D eigenvalue weighted by Crippen LogP contribution is -2.25. The number of nitrogens with zero attached hydrogens (tertiary/aromatic N) is 5. The lowest BCUT2D eigenvalue weighted by atomic mass is 10.1. The molecule has 0 aliphatic carbocycles. The summed E-state index contributed by atoms with van der Waals surface area (Å²) in [6.45, 7) is 1.72. The molecule has 0 bridgehead atoms. The smallest absolute Gasteiger partial charge is 0.490 e. The minimum absolute atomic E-state index is 0.0484. The largest absolute Gasteiger partial charge is 0.490 e. The Morgan fingerprint density at radius 1 is 1.13 bits per heavy atom. The van der Waals surface area contributed by atoms with Crippen LogP contribution in [-0.4, -0.2) is 75.2 Å². The third-order valence-electron chi connectivity index (χ3n) is 4.45. The molecule has 38 heavy (non-hydrogen) atoms. The van der Waals surface area contributed by atoms with Gasteiger partial charge in [0.15, 0.2) is 11.6 Å². The van der Waals surface area contributed by atoms with Gasteiger partial charge in [0.2, 0.25) is 5.88 Å². The summed E-state index contributed by atoms with van der Waals surface area (Å²) in [6, 6.07) is 9.98. The van der Waals surface area contributed by atoms with Crippen molar-refractivity contribution in [3.05, 3.63) is 64.7 Å². The van der Waals surface area contributed by atoms with Crippen molar-refractivity contribution >= 4 is 12.1 Å². The molecule has 0 fully saturated rings. The summed E-state index contributed by atoms with van der Waals surface area (Å²) in [7, 11) is 4.04. The van der Waals surface area contributed by atoms with E-state index in [9.17, 15) is 22.8 Å². The minimum atomic E-state index is -5.08. The van der Waals surface area contributed by atoms with Crippen molar-refractivity contribution in [3.63, 3.8) is 0 Å². The number of aromatic nitrogens is 4. The molecule has 15 heteroatoms. The SMILES string of the molecule is CN(C)CCCOc1cnc(-c2cccc(Cn3nc(OC(N)=O)ccc3=O)c2)nc1.O=C(O)C(F)(F)F. The highest BCUT2D eigenvalue weighted by Crippen LogP contribution is 2.19. The Morgan fingerprint density at radius 2 is 1.79 bits per heavy atom. The van der Waals surface area contributed by atoms with Crippen molar-refractivity contribution in [1.82, 2.24) is 24.6 Å². The predicted molar refractivity (Wildman–Crippen MR) is 128 cm³/mol. The van der Waals surface area contributed by atoms with E-state index in [0.717, 1.165) is 24.1 Å². The molecule has 3 aromatic rings. The molecule has 0 saturated heterocycles. The molecule has 3 rings (SSSR count). The van der Waals surface area contributed by atoms with Crippen molar-refractivity contribution in [1.29, 1.82) is 0 Å². The summed E-state index contributed by atoms with van der Waals surface area (Å²) >= 11 is 0. The van der Waals surface area contributed by atoms with Gasteiger partial charge in [0.05, 0.1) is 25.5 Å². The fourth-order valence-electron chi connectivity index (χ4n) is 2.79. The quantitative estimate of drug-likeness (QED) is 0.386. The number of nitrogens with two attached hydrogens (primary N) is 1. The van der Waals surface area contributed by atoms with Gasteiger partial charge >= 0.3 is 18.2 Å². The second kappa shape index (κ2) is 13.7. The molecule has 2 heterocycles. The summed E-state index contributed by atoms with van der Waals surface area (Å²) < 4.78 is 43.3. The monoisotopic (exact) mass is 538 g/mol. The first kappa shape index (κ1) is 29.7. The Balaban J connectivity index is 0.000000638. The van der Waals surface area contributed by atoms with E-state index in [4.69, 9.17) is 25.1 Å². The average Bonchev–Trinajstić information content (AvgIpc) is 2.84. The van der Waals surface area contributed by atoms with Gasteiger partial charge in [0, 0.05) is 24.2 Å². The van der Waals surface area contributed by atoms with Gasteiger partial charge in [-0.1, -0.05) is 18.2 Å². The Hall–Kier alpha value is -4.53. The molecule has 3 N–H and O–H groups in total. The van der Waals surface area contributed by atoms with Gasteiger partial charge in [0.1, 0.15) is 0 Å². The number of primary amides is 1. The third-order valence-corrected chi connectivity index (χ3v) is 4.45. The van der Waals surface area contributed by atoms with Crippen LogP contribution in [0.5, 0.6) is 11.6 Å². The fourth-order valence-corrected chi connectivity index (χ4v) is 2.79. The Bertz CT molecular complexity index is 1280. The first-order chi connectivity index (χ1) is 17.8. The third kappa shape index (κ3) is 10.2. The first-order valence-electron chi connectivity index (χ1n) is 10.9. The highest BCUT2D eigenvalue weighted by molar-refractivity contribution is 5.73. The van der Waals surface area contributed by atoms with Gasteiger partial charge in [-0.2, -0.15) is 13.2 Å². The highest BCUT2D eigenvalue weighted by atomic mass is 19.4. The number of carbonyl (C=O) groups excluding carboxylic acids is 1. The summed E-state index contributed by atoms with van der Waals surface area (Å²) in [5, 5.41) is 11.1. The molecule has 0 spiro atoms. The number of benzene rings is 1. The van der Waals surface area contributed by atoms with E-state index in [1.807, 2.05) is 38.4 Å². The van der Waals surface area contributed by atoms with Crippen LogP contribution in [0.1, 0.15) is 12.0 Å². The molecular formula is C23H25F3N6O6. The second-order valence-corrected chi connectivity index (χ2v) is 7.84. The van der Waals surface area contributed by atoms with E-state index in [1.54, 1.807) is 12.4 Å². The van der Waals surface area contributed by atoms with Crippen molar-refractivity contribution in [2.75, 3.05) is 27.2 Å². The molecule has 2 aromatic heterocycles. The molecule has 0 saturated carbocycles. The predicted octanol–water partition coefficient (Wildman–Crippen LogP) is 2.17. The van der Waals surface area contributed by atoms with Crippen molar-refractivity contribution in [2.45, 2.75) is 19.1 Å². The van der Waals surface area contributed by atoms with E-state index in [1.165, 1.54) is 16.8 Å². The maximum Gasteiger partial charge on any atom is 0.490 e. The zero-order valence-corrected chi connectivity index (χ0v) is 20.4. The molecule has 12 nitrogen and oxygen atoms in total. The summed E-state index contributed by atoms with van der Waals surface area (Å²) in [5.41, 5.74) is 6.24. The highest BCUT2D eigenvalue weighted by Gasteiger charge is 2.38. The van der Waals surface area contributed by atoms with Gasteiger partial charge in [-0.25, -0.2) is 24.2 Å². The average molecular weight is 538 g/mol. The zero-order valence-electron chi connectivity index (χ0n) is 20.4. The van der Waals surface area contributed by atoms with Crippen LogP contribution in [0.25, 0.3) is 11.4 Å². The van der Waals surface area contributed by atoms with Crippen molar-refractivity contribution in [2.24, 2.45) is 5.73 Å². The number of hydrogen-bond donors (Lipinski definition) is 2. The Kier molecular flexibility index (Phi) is 10.7. The molecule has 1 aromatic carbocycles. The normalized spacial score (nSPS) is 10.9. The number of rotatable bonds is 9. The summed E-state index contributed by atoms with van der Waals surface area (Å²) in [4.78, 5) is 42.7. The van der Waals surface area contributed by atoms with E-state index in [-0.39, 0.29) is 18.0 Å². The van der Waals surface area contributed by atoms with Crippen LogP contribution in [0, 0.1) is 0 Å². The van der Waals surface area contributed by atoms with Gasteiger partial charge in [-0.15, -0.1) is 5.10 Å². The lowest BCUT2D eigenvalue weighted by molar-refractivity contribution is -0.192. The van der Waals surface area contributed by atoms with Crippen LogP contribution in [-0.2, 0) is 11.3 Å². The Morgan fingerprint density at radius 3 is 2.37 bits per heavy atom. The number of carboxylic acids is 1. The standard InChI is InChI=1S/C21H24N6O4.C2HF3O2/c1-26(2)9-4-10-30-17-12-23-20(24-13-17)16-6-3-5-15(11-16)14-27-19(28)8-7-18(25-27)31-21(22)29;3-2(4,5)1(6)7/h3,5-8,11-13H,4,9-10,14H2,1-2H3,(H2,22,29);(H,6,7). The number of carbonyl (C=O) groups is 2. The maximum atomic E-state index is 12.1. The van der Waals surface area contributed by atoms with Crippen molar-refractivity contribution in [3.8, 4) is 23.0 Å². The second-order valence-electron chi connectivity index (χ2n) is 7.84. The number of carboxylic acid groups (broad SMARTS) is 1. The molecule has 204 valence electrons. The molecule has 0 aliphatic heterocycles. The minimum Gasteiger partial charge on any atom is -0.490 e. The fraction of sp³-hybridized carbons (Fsp3) is 0.304. The number of ether oxygens (including phenoxy) is 2. The van der Waals surface area contributed by atoms with Gasteiger partial charge in [-0.05, 0) is 32.1 Å².